The molecule has 0 spiro atoms. The maximum atomic E-state index is 6.48. The molecule has 0 unspecified atom stereocenters. The molecular weight excluding hydrogens is 393 g/mol. The minimum Gasteiger partial charge on any atom is -0.490 e. The first-order chi connectivity index (χ1) is 13.6. The summed E-state index contributed by atoms with van der Waals surface area (Å²) in [5, 5.41) is 1.16. The van der Waals surface area contributed by atoms with E-state index < -0.39 is 0 Å². The smallest absolute Gasteiger partial charge is 0.180 e. The molecule has 0 radical (unpaired) electrons. The third-order valence-electron chi connectivity index (χ3n) is 4.08. The van der Waals surface area contributed by atoms with Crippen LogP contribution in [0.3, 0.4) is 0 Å². The van der Waals surface area contributed by atoms with Crippen molar-refractivity contribution in [2.24, 2.45) is 4.99 Å². The van der Waals surface area contributed by atoms with E-state index in [-0.39, 0.29) is 0 Å². The van der Waals surface area contributed by atoms with Crippen LogP contribution in [-0.2, 0) is 6.61 Å². The second-order valence-corrected chi connectivity index (χ2v) is 7.04. The standard InChI is InChI=1S/C23H21Cl2NO2/c1-3-27-22-12-18(14-26-19-10-9-16(2)20(24)13-19)11-21(25)23(22)28-15-17-7-5-4-6-8-17/h4-14H,3,15H2,1-2H3. The van der Waals surface area contributed by atoms with Crippen LogP contribution in [0.4, 0.5) is 5.69 Å². The molecule has 144 valence electrons. The molecule has 3 rings (SSSR count). The normalized spacial score (nSPS) is 11.0. The Balaban J connectivity index is 1.83. The molecule has 3 nitrogen and oxygen atoms in total. The van der Waals surface area contributed by atoms with Crippen molar-refractivity contribution in [2.75, 3.05) is 6.61 Å². The summed E-state index contributed by atoms with van der Waals surface area (Å²) in [6.45, 7) is 4.80. The van der Waals surface area contributed by atoms with E-state index in [9.17, 15) is 0 Å². The van der Waals surface area contributed by atoms with Crippen molar-refractivity contribution in [2.45, 2.75) is 20.5 Å². The number of nitrogens with zero attached hydrogens (tertiary/aromatic N) is 1. The predicted octanol–water partition coefficient (Wildman–Crippen LogP) is 7.03. The highest BCUT2D eigenvalue weighted by molar-refractivity contribution is 6.32. The zero-order valence-corrected chi connectivity index (χ0v) is 17.3. The summed E-state index contributed by atoms with van der Waals surface area (Å²) >= 11 is 12.6. The Bertz CT molecular complexity index is 972. The van der Waals surface area contributed by atoms with Crippen molar-refractivity contribution in [1.29, 1.82) is 0 Å². The third-order valence-corrected chi connectivity index (χ3v) is 4.76. The van der Waals surface area contributed by atoms with Crippen LogP contribution in [0.5, 0.6) is 11.5 Å². The fourth-order valence-corrected chi connectivity index (χ4v) is 3.05. The monoisotopic (exact) mass is 413 g/mol. The second-order valence-electron chi connectivity index (χ2n) is 6.23. The topological polar surface area (TPSA) is 30.8 Å². The van der Waals surface area contributed by atoms with E-state index in [4.69, 9.17) is 32.7 Å². The van der Waals surface area contributed by atoms with Crippen LogP contribution < -0.4 is 9.47 Å². The molecule has 28 heavy (non-hydrogen) atoms. The molecule has 3 aromatic carbocycles. The number of benzene rings is 3. The van der Waals surface area contributed by atoms with Crippen LogP contribution in [0.25, 0.3) is 0 Å². The molecule has 0 saturated carbocycles. The van der Waals surface area contributed by atoms with Crippen molar-refractivity contribution in [1.82, 2.24) is 0 Å². The molecule has 0 aliphatic heterocycles. The summed E-state index contributed by atoms with van der Waals surface area (Å²) in [5.41, 5.74) is 3.66. The van der Waals surface area contributed by atoms with Gasteiger partial charge in [-0.15, -0.1) is 0 Å². The van der Waals surface area contributed by atoms with Crippen LogP contribution in [-0.4, -0.2) is 12.8 Å². The summed E-state index contributed by atoms with van der Waals surface area (Å²) in [6, 6.07) is 19.3. The lowest BCUT2D eigenvalue weighted by atomic mass is 10.2. The fraction of sp³-hybridized carbons (Fsp3) is 0.174. The first-order valence-electron chi connectivity index (χ1n) is 9.00. The van der Waals surface area contributed by atoms with Crippen molar-refractivity contribution >= 4 is 35.1 Å². The van der Waals surface area contributed by atoms with Gasteiger partial charge in [-0.1, -0.05) is 59.6 Å². The van der Waals surface area contributed by atoms with Crippen molar-refractivity contribution < 1.29 is 9.47 Å². The highest BCUT2D eigenvalue weighted by Gasteiger charge is 2.12. The third kappa shape index (κ3) is 5.28. The van der Waals surface area contributed by atoms with Crippen LogP contribution in [0, 0.1) is 6.92 Å². The van der Waals surface area contributed by atoms with E-state index in [1.54, 1.807) is 6.21 Å². The largest absolute Gasteiger partial charge is 0.490 e. The molecule has 0 N–H and O–H groups in total. The molecule has 0 saturated heterocycles. The van der Waals surface area contributed by atoms with Gasteiger partial charge in [-0.2, -0.15) is 0 Å². The van der Waals surface area contributed by atoms with E-state index in [0.717, 1.165) is 22.4 Å². The molecule has 0 fully saturated rings. The molecule has 0 aliphatic rings. The van der Waals surface area contributed by atoms with Gasteiger partial charge in [-0.05, 0) is 54.8 Å². The SMILES string of the molecule is CCOc1cc(C=Nc2ccc(C)c(Cl)c2)cc(Cl)c1OCc1ccccc1. The molecule has 0 amide bonds. The first-order valence-corrected chi connectivity index (χ1v) is 9.75. The van der Waals surface area contributed by atoms with Gasteiger partial charge in [0, 0.05) is 11.2 Å². The van der Waals surface area contributed by atoms with Crippen molar-refractivity contribution in [3.8, 4) is 11.5 Å². The minimum absolute atomic E-state index is 0.413. The highest BCUT2D eigenvalue weighted by atomic mass is 35.5. The minimum atomic E-state index is 0.413. The van der Waals surface area contributed by atoms with Gasteiger partial charge in [-0.25, -0.2) is 0 Å². The van der Waals surface area contributed by atoms with E-state index in [2.05, 4.69) is 4.99 Å². The van der Waals surface area contributed by atoms with Crippen LogP contribution in [0.2, 0.25) is 10.0 Å². The first kappa shape index (κ1) is 20.2. The molecular formula is C23H21Cl2NO2. The summed E-state index contributed by atoms with van der Waals surface area (Å²) in [4.78, 5) is 4.48. The highest BCUT2D eigenvalue weighted by Crippen LogP contribution is 2.37. The molecule has 0 aliphatic carbocycles. The number of hydrogen-bond acceptors (Lipinski definition) is 3. The Kier molecular flexibility index (Phi) is 6.96. The molecule has 0 bridgehead atoms. The Labute approximate surface area is 175 Å². The van der Waals surface area contributed by atoms with Crippen molar-refractivity contribution in [3.63, 3.8) is 0 Å². The molecule has 3 aromatic rings. The van der Waals surface area contributed by atoms with Crippen LogP contribution in [0.1, 0.15) is 23.6 Å². The van der Waals surface area contributed by atoms with Gasteiger partial charge >= 0.3 is 0 Å². The summed E-state index contributed by atoms with van der Waals surface area (Å²) in [7, 11) is 0. The van der Waals surface area contributed by atoms with Gasteiger partial charge in [0.1, 0.15) is 6.61 Å². The average molecular weight is 414 g/mol. The van der Waals surface area contributed by atoms with Gasteiger partial charge in [0.05, 0.1) is 17.3 Å². The summed E-state index contributed by atoms with van der Waals surface area (Å²) in [6.07, 6.45) is 1.73. The summed E-state index contributed by atoms with van der Waals surface area (Å²) in [5.74, 6) is 1.12. The quantitative estimate of drug-likeness (QED) is 0.389. The predicted molar refractivity (Wildman–Crippen MR) is 117 cm³/mol. The zero-order valence-electron chi connectivity index (χ0n) is 15.8. The van der Waals surface area contributed by atoms with Gasteiger partial charge in [0.15, 0.2) is 11.5 Å². The lowest BCUT2D eigenvalue weighted by molar-refractivity contribution is 0.269. The number of halogens is 2. The Morgan fingerprint density at radius 1 is 0.929 bits per heavy atom. The Morgan fingerprint density at radius 3 is 2.43 bits per heavy atom. The second kappa shape index (κ2) is 9.63. The number of aryl methyl sites for hydroxylation is 1. The number of hydrogen-bond donors (Lipinski definition) is 0. The molecule has 0 aromatic heterocycles. The molecule has 5 heteroatoms. The van der Waals surface area contributed by atoms with Crippen LogP contribution >= 0.6 is 23.2 Å². The number of aliphatic imine (C=N–C) groups is 1. The lowest BCUT2D eigenvalue weighted by Crippen LogP contribution is -2.01. The van der Waals surface area contributed by atoms with Gasteiger partial charge in [0.2, 0.25) is 0 Å². The lowest BCUT2D eigenvalue weighted by Gasteiger charge is -2.14. The van der Waals surface area contributed by atoms with E-state index in [1.807, 2.05) is 74.5 Å². The van der Waals surface area contributed by atoms with Gasteiger partial charge in [-0.3, -0.25) is 4.99 Å². The van der Waals surface area contributed by atoms with Gasteiger partial charge in [0.25, 0.3) is 0 Å². The van der Waals surface area contributed by atoms with Crippen LogP contribution in [0.15, 0.2) is 65.7 Å². The van der Waals surface area contributed by atoms with E-state index >= 15 is 0 Å². The Hall–Kier alpha value is -2.49. The maximum absolute atomic E-state index is 6.48. The Morgan fingerprint density at radius 2 is 1.71 bits per heavy atom. The van der Waals surface area contributed by atoms with E-state index in [0.29, 0.717) is 34.8 Å². The molecule has 0 heterocycles. The van der Waals surface area contributed by atoms with E-state index in [1.165, 1.54) is 0 Å². The maximum Gasteiger partial charge on any atom is 0.180 e. The average Bonchev–Trinajstić information content (AvgIpc) is 2.69. The molecule has 0 atom stereocenters. The summed E-state index contributed by atoms with van der Waals surface area (Å²) < 4.78 is 11.7. The zero-order chi connectivity index (χ0) is 19.9. The number of rotatable bonds is 7. The fourth-order valence-electron chi connectivity index (χ4n) is 2.61. The van der Waals surface area contributed by atoms with Gasteiger partial charge < -0.3 is 9.47 Å². The van der Waals surface area contributed by atoms with Crippen molar-refractivity contribution in [3.05, 3.63) is 87.4 Å². The number of ether oxygens (including phenoxy) is 2.